The molecule has 25 heavy (non-hydrogen) atoms. The topological polar surface area (TPSA) is 70.2 Å². The van der Waals surface area contributed by atoms with E-state index < -0.39 is 5.76 Å². The molecule has 2 heterocycles. The molecule has 0 aliphatic rings. The third-order valence-electron chi connectivity index (χ3n) is 3.58. The van der Waals surface area contributed by atoms with Crippen molar-refractivity contribution in [3.05, 3.63) is 89.7 Å². The Morgan fingerprint density at radius 1 is 0.880 bits per heavy atom. The van der Waals surface area contributed by atoms with E-state index >= 15 is 0 Å². The third kappa shape index (κ3) is 3.18. The Morgan fingerprint density at radius 3 is 2.40 bits per heavy atom. The van der Waals surface area contributed by atoms with Gasteiger partial charge >= 0.3 is 11.8 Å². The first-order valence-corrected chi connectivity index (χ1v) is 7.63. The van der Waals surface area contributed by atoms with Crippen LogP contribution in [0.15, 0.2) is 88.3 Å². The maximum atomic E-state index is 12.0. The lowest BCUT2D eigenvalue weighted by Gasteiger charge is -2.02. The van der Waals surface area contributed by atoms with Gasteiger partial charge in [0.15, 0.2) is 0 Å². The highest BCUT2D eigenvalue weighted by molar-refractivity contribution is 5.63. The minimum Gasteiger partial charge on any atom is -0.410 e. The molecule has 0 spiro atoms. The zero-order chi connectivity index (χ0) is 17.1. The molecule has 0 saturated carbocycles. The summed E-state index contributed by atoms with van der Waals surface area (Å²) < 4.78 is 11.7. The van der Waals surface area contributed by atoms with Crippen molar-refractivity contribution >= 4 is 0 Å². The lowest BCUT2D eigenvalue weighted by Crippen LogP contribution is -2.13. The molecular weight excluding hydrogens is 318 g/mol. The molecule has 0 saturated heterocycles. The van der Waals surface area contributed by atoms with Crippen LogP contribution in [0.4, 0.5) is 0 Å². The van der Waals surface area contributed by atoms with Crippen LogP contribution in [0.1, 0.15) is 0 Å². The van der Waals surface area contributed by atoms with Crippen LogP contribution in [-0.2, 0) is 0 Å². The second-order valence-corrected chi connectivity index (χ2v) is 5.25. The van der Waals surface area contributed by atoms with E-state index in [4.69, 9.17) is 9.15 Å². The van der Waals surface area contributed by atoms with Crippen LogP contribution in [0.2, 0.25) is 0 Å². The average Bonchev–Trinajstić information content (AvgIpc) is 3.03. The van der Waals surface area contributed by atoms with E-state index in [1.807, 2.05) is 42.5 Å². The van der Waals surface area contributed by atoms with Crippen molar-refractivity contribution in [2.45, 2.75) is 0 Å². The summed E-state index contributed by atoms with van der Waals surface area (Å²) >= 11 is 0. The Labute approximate surface area is 143 Å². The molecule has 0 N–H and O–H groups in total. The van der Waals surface area contributed by atoms with Gasteiger partial charge in [0, 0.05) is 12.4 Å². The van der Waals surface area contributed by atoms with Crippen molar-refractivity contribution in [1.29, 1.82) is 0 Å². The molecule has 0 unspecified atom stereocenters. The van der Waals surface area contributed by atoms with Gasteiger partial charge in [-0.25, -0.2) is 4.79 Å². The molecule has 0 bridgehead atoms. The second-order valence-electron chi connectivity index (χ2n) is 5.25. The highest BCUT2D eigenvalue weighted by Crippen LogP contribution is 2.21. The minimum absolute atomic E-state index is 0.104. The summed E-state index contributed by atoms with van der Waals surface area (Å²) in [6.45, 7) is 0. The lowest BCUT2D eigenvalue weighted by molar-refractivity contribution is 0.320. The van der Waals surface area contributed by atoms with Crippen molar-refractivity contribution in [1.82, 2.24) is 14.8 Å². The van der Waals surface area contributed by atoms with Crippen molar-refractivity contribution in [3.8, 4) is 28.6 Å². The summed E-state index contributed by atoms with van der Waals surface area (Å²) in [5.41, 5.74) is 2.58. The Balaban J connectivity index is 1.61. The standard InChI is InChI=1S/C19H13N3O3/c23-19-22(21-18(25-19)24-17-6-2-1-3-7-17)16-10-8-14(9-11-16)15-5-4-12-20-13-15/h1-13H. The maximum absolute atomic E-state index is 12.0. The first kappa shape index (κ1) is 14.9. The van der Waals surface area contributed by atoms with Crippen molar-refractivity contribution in [2.75, 3.05) is 0 Å². The fourth-order valence-electron chi connectivity index (χ4n) is 2.38. The highest BCUT2D eigenvalue weighted by Gasteiger charge is 2.12. The number of aromatic nitrogens is 3. The van der Waals surface area contributed by atoms with Crippen LogP contribution in [-0.4, -0.2) is 14.8 Å². The summed E-state index contributed by atoms with van der Waals surface area (Å²) in [6, 6.07) is 20.2. The van der Waals surface area contributed by atoms with E-state index in [1.165, 1.54) is 0 Å². The van der Waals surface area contributed by atoms with Crippen LogP contribution >= 0.6 is 0 Å². The fourth-order valence-corrected chi connectivity index (χ4v) is 2.38. The van der Waals surface area contributed by atoms with Gasteiger partial charge in [0.25, 0.3) is 0 Å². The Kier molecular flexibility index (Phi) is 3.84. The Bertz CT molecular complexity index is 1020. The van der Waals surface area contributed by atoms with E-state index in [2.05, 4.69) is 10.1 Å². The average molecular weight is 331 g/mol. The van der Waals surface area contributed by atoms with Crippen molar-refractivity contribution in [2.24, 2.45) is 0 Å². The van der Waals surface area contributed by atoms with Gasteiger partial charge in [-0.15, -0.1) is 0 Å². The second kappa shape index (κ2) is 6.45. The van der Waals surface area contributed by atoms with Crippen molar-refractivity contribution < 1.29 is 9.15 Å². The lowest BCUT2D eigenvalue weighted by atomic mass is 10.1. The predicted molar refractivity (Wildman–Crippen MR) is 91.8 cm³/mol. The third-order valence-corrected chi connectivity index (χ3v) is 3.58. The minimum atomic E-state index is -0.611. The molecular formula is C19H13N3O3. The number of hydrogen-bond donors (Lipinski definition) is 0. The largest absolute Gasteiger partial charge is 0.444 e. The SMILES string of the molecule is O=c1oc(Oc2ccccc2)nn1-c1ccc(-c2cccnc2)cc1. The summed E-state index contributed by atoms with van der Waals surface area (Å²) in [7, 11) is 0. The fraction of sp³-hybridized carbons (Fsp3) is 0. The van der Waals surface area contributed by atoms with Crippen LogP contribution < -0.4 is 10.5 Å². The van der Waals surface area contributed by atoms with Gasteiger partial charge in [0.1, 0.15) is 5.75 Å². The molecule has 0 atom stereocenters. The van der Waals surface area contributed by atoms with Crippen LogP contribution in [0.3, 0.4) is 0 Å². The molecule has 0 radical (unpaired) electrons. The van der Waals surface area contributed by atoms with Gasteiger partial charge in [0.05, 0.1) is 5.69 Å². The smallest absolute Gasteiger partial charge is 0.410 e. The summed E-state index contributed by atoms with van der Waals surface area (Å²) in [5, 5.41) is 4.08. The van der Waals surface area contributed by atoms with Crippen LogP contribution in [0.5, 0.6) is 11.8 Å². The van der Waals surface area contributed by atoms with Gasteiger partial charge in [-0.05, 0) is 41.5 Å². The van der Waals surface area contributed by atoms with Gasteiger partial charge in [-0.1, -0.05) is 41.5 Å². The summed E-state index contributed by atoms with van der Waals surface area (Å²) in [4.78, 5) is 16.1. The number of nitrogens with zero attached hydrogens (tertiary/aromatic N) is 3. The number of pyridine rings is 1. The molecule has 0 aliphatic carbocycles. The first-order valence-electron chi connectivity index (χ1n) is 7.63. The summed E-state index contributed by atoms with van der Waals surface area (Å²) in [5.74, 6) is -0.0668. The van der Waals surface area contributed by atoms with E-state index in [0.29, 0.717) is 11.4 Å². The van der Waals surface area contributed by atoms with E-state index in [0.717, 1.165) is 15.8 Å². The number of rotatable bonds is 4. The highest BCUT2D eigenvalue weighted by atomic mass is 16.6. The number of benzene rings is 2. The maximum Gasteiger partial charge on any atom is 0.444 e. The van der Waals surface area contributed by atoms with Crippen molar-refractivity contribution in [3.63, 3.8) is 0 Å². The normalized spacial score (nSPS) is 10.6. The first-order chi connectivity index (χ1) is 12.3. The van der Waals surface area contributed by atoms with Gasteiger partial charge in [-0.2, -0.15) is 4.68 Å². The van der Waals surface area contributed by atoms with E-state index in [1.54, 1.807) is 36.7 Å². The van der Waals surface area contributed by atoms with E-state index in [-0.39, 0.29) is 6.08 Å². The number of hydrogen-bond acceptors (Lipinski definition) is 5. The zero-order valence-electron chi connectivity index (χ0n) is 13.1. The van der Waals surface area contributed by atoms with Gasteiger partial charge < -0.3 is 9.15 Å². The van der Waals surface area contributed by atoms with Gasteiger partial charge in [-0.3, -0.25) is 4.98 Å². The molecule has 122 valence electrons. The quantitative estimate of drug-likeness (QED) is 0.570. The zero-order valence-corrected chi connectivity index (χ0v) is 13.1. The Hall–Kier alpha value is -3.67. The monoisotopic (exact) mass is 331 g/mol. The molecule has 0 amide bonds. The van der Waals surface area contributed by atoms with Crippen LogP contribution in [0.25, 0.3) is 16.8 Å². The molecule has 2 aromatic carbocycles. The van der Waals surface area contributed by atoms with E-state index in [9.17, 15) is 4.79 Å². The number of ether oxygens (including phenoxy) is 1. The molecule has 0 aliphatic heterocycles. The molecule has 6 heteroatoms. The molecule has 4 aromatic rings. The molecule has 6 nitrogen and oxygen atoms in total. The Morgan fingerprint density at radius 2 is 1.68 bits per heavy atom. The predicted octanol–water partition coefficient (Wildman–Crippen LogP) is 3.68. The molecule has 4 rings (SSSR count). The summed E-state index contributed by atoms with van der Waals surface area (Å²) in [6.07, 6.45) is 3.40. The number of para-hydroxylation sites is 1. The van der Waals surface area contributed by atoms with Crippen LogP contribution in [0, 0.1) is 0 Å². The van der Waals surface area contributed by atoms with Gasteiger partial charge in [0.2, 0.25) is 0 Å². The molecule has 2 aromatic heterocycles. The molecule has 0 fully saturated rings.